The Balaban J connectivity index is 1.68. The smallest absolute Gasteiger partial charge is 0.278 e. The van der Waals surface area contributed by atoms with Crippen molar-refractivity contribution in [3.05, 3.63) is 53.6 Å². The molecule has 8 nitrogen and oxygen atoms in total. The van der Waals surface area contributed by atoms with E-state index in [0.29, 0.717) is 34.0 Å². The predicted molar refractivity (Wildman–Crippen MR) is 103 cm³/mol. The summed E-state index contributed by atoms with van der Waals surface area (Å²) in [7, 11) is 3.03. The van der Waals surface area contributed by atoms with E-state index < -0.39 is 23.8 Å². The summed E-state index contributed by atoms with van der Waals surface area (Å²) in [6.07, 6.45) is -1.03. The van der Waals surface area contributed by atoms with Crippen molar-refractivity contribution >= 4 is 29.0 Å². The average Bonchev–Trinajstić information content (AvgIpc) is 3.27. The molecule has 2 aliphatic heterocycles. The van der Waals surface area contributed by atoms with Crippen LogP contribution in [-0.2, 0) is 14.4 Å². The number of ether oxygens (including phenoxy) is 2. The zero-order valence-electron chi connectivity index (χ0n) is 16.0. The van der Waals surface area contributed by atoms with Gasteiger partial charge in [0.1, 0.15) is 23.1 Å². The van der Waals surface area contributed by atoms with Gasteiger partial charge in [-0.05, 0) is 43.3 Å². The van der Waals surface area contributed by atoms with Gasteiger partial charge in [-0.1, -0.05) is 5.16 Å². The summed E-state index contributed by atoms with van der Waals surface area (Å²) >= 11 is 0. The number of Topliss-reactive ketones (excluding diaryl/α,β-unsaturated/α-hetero) is 1. The summed E-state index contributed by atoms with van der Waals surface area (Å²) < 4.78 is 10.6. The summed E-state index contributed by atoms with van der Waals surface area (Å²) in [6.45, 7) is 1.45. The Morgan fingerprint density at radius 2 is 1.76 bits per heavy atom. The zero-order chi connectivity index (χ0) is 20.7. The normalized spacial score (nSPS) is 20.2. The van der Waals surface area contributed by atoms with Gasteiger partial charge < -0.3 is 14.3 Å². The molecule has 0 unspecified atom stereocenters. The van der Waals surface area contributed by atoms with E-state index in [1.54, 1.807) is 42.5 Å². The van der Waals surface area contributed by atoms with Gasteiger partial charge in [0.25, 0.3) is 5.91 Å². The Bertz CT molecular complexity index is 1040. The minimum Gasteiger partial charge on any atom is -0.497 e. The molecule has 0 N–H and O–H groups in total. The quantitative estimate of drug-likeness (QED) is 0.570. The first-order valence-corrected chi connectivity index (χ1v) is 8.91. The number of imide groups is 1. The van der Waals surface area contributed by atoms with E-state index >= 15 is 0 Å². The highest BCUT2D eigenvalue weighted by atomic mass is 16.7. The van der Waals surface area contributed by atoms with Crippen LogP contribution in [0.25, 0.3) is 0 Å². The lowest BCUT2D eigenvalue weighted by molar-refractivity contribution is -0.126. The molecule has 29 heavy (non-hydrogen) atoms. The van der Waals surface area contributed by atoms with E-state index in [1.165, 1.54) is 21.1 Å². The van der Waals surface area contributed by atoms with Crippen molar-refractivity contribution in [2.45, 2.75) is 13.0 Å². The van der Waals surface area contributed by atoms with Crippen LogP contribution in [0.5, 0.6) is 11.5 Å². The number of amides is 2. The largest absolute Gasteiger partial charge is 0.497 e. The lowest BCUT2D eigenvalue weighted by Crippen LogP contribution is -2.33. The van der Waals surface area contributed by atoms with Gasteiger partial charge in [-0.15, -0.1) is 0 Å². The van der Waals surface area contributed by atoms with Gasteiger partial charge in [0.05, 0.1) is 19.9 Å². The number of nitrogens with zero attached hydrogens (tertiary/aromatic N) is 2. The topological polar surface area (TPSA) is 94.5 Å². The van der Waals surface area contributed by atoms with E-state index in [9.17, 15) is 14.4 Å². The van der Waals surface area contributed by atoms with Crippen LogP contribution >= 0.6 is 0 Å². The van der Waals surface area contributed by atoms with E-state index in [-0.39, 0.29) is 5.78 Å². The number of hydrogen-bond acceptors (Lipinski definition) is 7. The lowest BCUT2D eigenvalue weighted by Gasteiger charge is -2.16. The summed E-state index contributed by atoms with van der Waals surface area (Å²) in [5, 5.41) is 4.00. The van der Waals surface area contributed by atoms with Crippen molar-refractivity contribution < 1.29 is 28.7 Å². The molecule has 2 atom stereocenters. The fourth-order valence-corrected chi connectivity index (χ4v) is 3.51. The second-order valence-corrected chi connectivity index (χ2v) is 6.66. The molecular weight excluding hydrogens is 376 g/mol. The molecule has 1 fully saturated rings. The number of carbonyl (C=O) groups excluding carboxylic acids is 3. The first-order chi connectivity index (χ1) is 14.0. The Hall–Kier alpha value is -3.68. The minimum atomic E-state index is -1.03. The third kappa shape index (κ3) is 2.93. The third-order valence-corrected chi connectivity index (χ3v) is 5.03. The van der Waals surface area contributed by atoms with Gasteiger partial charge in [0, 0.05) is 17.2 Å². The van der Waals surface area contributed by atoms with Crippen molar-refractivity contribution in [3.8, 4) is 11.5 Å². The standard InChI is InChI=1S/C21H18N2O6/c1-11(24)12-4-6-13(7-5-12)23-20(25)17-18(22-29-19(17)21(23)26)15-9-8-14(27-2)10-16(15)28-3/h4-10,17,19H,1-3H3/t17-,19+/m0/s1. The number of methoxy groups -OCH3 is 2. The van der Waals surface area contributed by atoms with Crippen molar-refractivity contribution in [2.75, 3.05) is 19.1 Å². The monoisotopic (exact) mass is 394 g/mol. The molecule has 2 heterocycles. The fourth-order valence-electron chi connectivity index (χ4n) is 3.51. The highest BCUT2D eigenvalue weighted by Crippen LogP contribution is 2.38. The highest BCUT2D eigenvalue weighted by molar-refractivity contribution is 6.32. The number of anilines is 1. The molecule has 148 valence electrons. The van der Waals surface area contributed by atoms with Crippen LogP contribution in [0, 0.1) is 5.92 Å². The van der Waals surface area contributed by atoms with E-state index in [2.05, 4.69) is 5.16 Å². The van der Waals surface area contributed by atoms with Gasteiger partial charge in [-0.25, -0.2) is 4.90 Å². The molecule has 0 spiro atoms. The lowest BCUT2D eigenvalue weighted by atomic mass is 9.93. The molecule has 0 bridgehead atoms. The van der Waals surface area contributed by atoms with Crippen LogP contribution in [-0.4, -0.2) is 43.6 Å². The summed E-state index contributed by atoms with van der Waals surface area (Å²) in [5.74, 6) is -0.875. The number of hydrogen-bond donors (Lipinski definition) is 0. The van der Waals surface area contributed by atoms with Gasteiger partial charge in [0.15, 0.2) is 5.78 Å². The number of carbonyl (C=O) groups is 3. The Kier molecular flexibility index (Phi) is 4.54. The van der Waals surface area contributed by atoms with Crippen LogP contribution in [0.4, 0.5) is 5.69 Å². The second kappa shape index (κ2) is 7.05. The van der Waals surface area contributed by atoms with Gasteiger partial charge >= 0.3 is 0 Å². The van der Waals surface area contributed by atoms with Crippen molar-refractivity contribution in [2.24, 2.45) is 11.1 Å². The molecule has 2 aliphatic rings. The predicted octanol–water partition coefficient (Wildman–Crippen LogP) is 2.20. The highest BCUT2D eigenvalue weighted by Gasteiger charge is 2.56. The number of oxime groups is 1. The van der Waals surface area contributed by atoms with E-state index in [0.717, 1.165) is 4.90 Å². The molecule has 2 amide bonds. The van der Waals surface area contributed by atoms with Crippen molar-refractivity contribution in [3.63, 3.8) is 0 Å². The molecule has 1 saturated heterocycles. The molecule has 2 aromatic rings. The van der Waals surface area contributed by atoms with Crippen molar-refractivity contribution in [1.29, 1.82) is 0 Å². The first-order valence-electron chi connectivity index (χ1n) is 8.91. The van der Waals surface area contributed by atoms with Crippen molar-refractivity contribution in [1.82, 2.24) is 0 Å². The molecule has 0 aromatic heterocycles. The van der Waals surface area contributed by atoms with Crippen LogP contribution < -0.4 is 14.4 Å². The molecule has 0 radical (unpaired) electrons. The number of rotatable bonds is 5. The number of fused-ring (bicyclic) bond motifs is 1. The molecule has 2 aromatic carbocycles. The molecule has 0 aliphatic carbocycles. The van der Waals surface area contributed by atoms with Crippen LogP contribution in [0.15, 0.2) is 47.6 Å². The van der Waals surface area contributed by atoms with Crippen LogP contribution in [0.3, 0.4) is 0 Å². The van der Waals surface area contributed by atoms with Crippen LogP contribution in [0.1, 0.15) is 22.8 Å². The van der Waals surface area contributed by atoms with E-state index in [4.69, 9.17) is 14.3 Å². The second-order valence-electron chi connectivity index (χ2n) is 6.66. The Morgan fingerprint density at radius 1 is 1.03 bits per heavy atom. The average molecular weight is 394 g/mol. The first kappa shape index (κ1) is 18.7. The van der Waals surface area contributed by atoms with Crippen LogP contribution in [0.2, 0.25) is 0 Å². The Labute approximate surface area is 166 Å². The van der Waals surface area contributed by atoms with Gasteiger partial charge in [-0.3, -0.25) is 14.4 Å². The maximum atomic E-state index is 13.1. The van der Waals surface area contributed by atoms with Gasteiger partial charge in [0.2, 0.25) is 12.0 Å². The minimum absolute atomic E-state index is 0.100. The van der Waals surface area contributed by atoms with E-state index in [1.807, 2.05) is 0 Å². The van der Waals surface area contributed by atoms with Gasteiger partial charge in [-0.2, -0.15) is 0 Å². The SMILES string of the molecule is COc1ccc(C2=NO[C@H]3C(=O)N(c4ccc(C(C)=O)cc4)C(=O)[C@@H]23)c(OC)c1. The maximum absolute atomic E-state index is 13.1. The number of ketones is 1. The zero-order valence-corrected chi connectivity index (χ0v) is 16.0. The third-order valence-electron chi connectivity index (χ3n) is 5.03. The molecule has 0 saturated carbocycles. The summed E-state index contributed by atoms with van der Waals surface area (Å²) in [6, 6.07) is 11.4. The summed E-state index contributed by atoms with van der Waals surface area (Å²) in [4.78, 5) is 43.8. The number of benzene rings is 2. The molecule has 8 heteroatoms. The summed E-state index contributed by atoms with van der Waals surface area (Å²) in [5.41, 5.74) is 1.75. The fraction of sp³-hybridized carbons (Fsp3) is 0.238. The Morgan fingerprint density at radius 3 is 2.38 bits per heavy atom. The maximum Gasteiger partial charge on any atom is 0.278 e. The molecular formula is C21H18N2O6. The molecule has 4 rings (SSSR count).